The quantitative estimate of drug-likeness (QED) is 0.742. The fraction of sp³-hybridized carbons (Fsp3) is 0.235. The van der Waals surface area contributed by atoms with Gasteiger partial charge in [-0.2, -0.15) is 0 Å². The lowest BCUT2D eigenvalue weighted by atomic mass is 10.1. The van der Waals surface area contributed by atoms with Crippen LogP contribution in [0.2, 0.25) is 0 Å². The number of carbonyl (C=O) groups excluding carboxylic acids is 2. The number of aromatic nitrogens is 1. The number of rotatable bonds is 6. The third-order valence-corrected chi connectivity index (χ3v) is 3.32. The van der Waals surface area contributed by atoms with Gasteiger partial charge in [-0.05, 0) is 24.6 Å². The Morgan fingerprint density at radius 3 is 2.52 bits per heavy atom. The summed E-state index contributed by atoms with van der Waals surface area (Å²) < 4.78 is 0. The first-order chi connectivity index (χ1) is 11.1. The van der Waals surface area contributed by atoms with Crippen molar-refractivity contribution in [3.05, 3.63) is 66.0 Å². The molecular weight excluding hydrogens is 292 g/mol. The molecule has 6 heteroatoms. The van der Waals surface area contributed by atoms with E-state index in [1.165, 1.54) is 6.20 Å². The molecule has 0 bridgehead atoms. The summed E-state index contributed by atoms with van der Waals surface area (Å²) in [5.74, 6) is -0.511. The second kappa shape index (κ2) is 8.05. The van der Waals surface area contributed by atoms with Gasteiger partial charge in [0.25, 0.3) is 5.91 Å². The topological polar surface area (TPSA) is 97.1 Å². The molecule has 0 fully saturated rings. The lowest BCUT2D eigenvalue weighted by Gasteiger charge is -2.21. The molecule has 0 saturated carbocycles. The van der Waals surface area contributed by atoms with E-state index in [-0.39, 0.29) is 24.4 Å². The average molecular weight is 312 g/mol. The van der Waals surface area contributed by atoms with Crippen molar-refractivity contribution in [3.63, 3.8) is 0 Å². The molecule has 0 radical (unpaired) electrons. The van der Waals surface area contributed by atoms with Gasteiger partial charge in [0.2, 0.25) is 5.91 Å². The molecule has 2 amide bonds. The summed E-state index contributed by atoms with van der Waals surface area (Å²) >= 11 is 0. The van der Waals surface area contributed by atoms with Crippen LogP contribution in [0.1, 0.15) is 28.9 Å². The van der Waals surface area contributed by atoms with Crippen molar-refractivity contribution in [2.75, 3.05) is 6.54 Å². The van der Waals surface area contributed by atoms with E-state index in [1.807, 2.05) is 30.3 Å². The monoisotopic (exact) mass is 312 g/mol. The molecule has 2 rings (SSSR count). The van der Waals surface area contributed by atoms with E-state index >= 15 is 0 Å². The number of benzene rings is 1. The highest BCUT2D eigenvalue weighted by Gasteiger charge is 2.18. The van der Waals surface area contributed by atoms with Gasteiger partial charge in [0.05, 0.1) is 17.6 Å². The minimum absolute atomic E-state index is 0.242. The zero-order chi connectivity index (χ0) is 16.7. The molecule has 0 saturated heterocycles. The molecular formula is C17H20N4O2. The van der Waals surface area contributed by atoms with Gasteiger partial charge in [-0.3, -0.25) is 14.6 Å². The summed E-state index contributed by atoms with van der Waals surface area (Å²) in [5, 5.41) is 5.65. The van der Waals surface area contributed by atoms with Gasteiger partial charge in [-0.25, -0.2) is 0 Å². The molecule has 120 valence electrons. The lowest BCUT2D eigenvalue weighted by Crippen LogP contribution is -2.44. The predicted molar refractivity (Wildman–Crippen MR) is 87.5 cm³/mol. The zero-order valence-corrected chi connectivity index (χ0v) is 12.9. The second-order valence-corrected chi connectivity index (χ2v) is 5.21. The summed E-state index contributed by atoms with van der Waals surface area (Å²) in [6.45, 7) is 1.88. The Hall–Kier alpha value is -2.73. The van der Waals surface area contributed by atoms with E-state index in [0.717, 1.165) is 5.56 Å². The normalized spacial score (nSPS) is 13.0. The molecule has 6 nitrogen and oxygen atoms in total. The SMILES string of the molecule is C[C@@H](N)C(=O)N[C@H](CNC(=O)c1cccnc1)c1ccccc1. The van der Waals surface area contributed by atoms with Crippen LogP contribution in [-0.2, 0) is 4.79 Å². The molecule has 4 N–H and O–H groups in total. The van der Waals surface area contributed by atoms with Crippen molar-refractivity contribution in [1.82, 2.24) is 15.6 Å². The molecule has 2 atom stereocenters. The summed E-state index contributed by atoms with van der Waals surface area (Å²) in [5.41, 5.74) is 6.97. The van der Waals surface area contributed by atoms with Crippen LogP contribution in [0.4, 0.5) is 0 Å². The van der Waals surface area contributed by atoms with Crippen molar-refractivity contribution in [3.8, 4) is 0 Å². The highest BCUT2D eigenvalue weighted by Crippen LogP contribution is 2.12. The van der Waals surface area contributed by atoms with E-state index in [2.05, 4.69) is 15.6 Å². The molecule has 1 aromatic heterocycles. The van der Waals surface area contributed by atoms with Crippen LogP contribution >= 0.6 is 0 Å². The zero-order valence-electron chi connectivity index (χ0n) is 12.9. The van der Waals surface area contributed by atoms with Crippen LogP contribution in [0.25, 0.3) is 0 Å². The van der Waals surface area contributed by atoms with Gasteiger partial charge >= 0.3 is 0 Å². The van der Waals surface area contributed by atoms with E-state index in [1.54, 1.807) is 25.3 Å². The van der Waals surface area contributed by atoms with Gasteiger partial charge in [0, 0.05) is 18.9 Å². The van der Waals surface area contributed by atoms with Crippen LogP contribution in [0, 0.1) is 0 Å². The maximum atomic E-state index is 12.1. The van der Waals surface area contributed by atoms with Crippen LogP contribution in [0.3, 0.4) is 0 Å². The van der Waals surface area contributed by atoms with Crippen LogP contribution in [-0.4, -0.2) is 29.4 Å². The third-order valence-electron chi connectivity index (χ3n) is 3.32. The number of nitrogens with zero attached hydrogens (tertiary/aromatic N) is 1. The van der Waals surface area contributed by atoms with Crippen LogP contribution in [0.5, 0.6) is 0 Å². The van der Waals surface area contributed by atoms with Crippen molar-refractivity contribution in [2.45, 2.75) is 19.0 Å². The fourth-order valence-corrected chi connectivity index (χ4v) is 2.03. The largest absolute Gasteiger partial charge is 0.350 e. The number of amides is 2. The fourth-order valence-electron chi connectivity index (χ4n) is 2.03. The second-order valence-electron chi connectivity index (χ2n) is 5.21. The summed E-state index contributed by atoms with van der Waals surface area (Å²) in [7, 11) is 0. The summed E-state index contributed by atoms with van der Waals surface area (Å²) in [6.07, 6.45) is 3.10. The summed E-state index contributed by atoms with van der Waals surface area (Å²) in [6, 6.07) is 11.8. The van der Waals surface area contributed by atoms with E-state index in [0.29, 0.717) is 5.56 Å². The Morgan fingerprint density at radius 2 is 1.91 bits per heavy atom. The Morgan fingerprint density at radius 1 is 1.17 bits per heavy atom. The van der Waals surface area contributed by atoms with Gasteiger partial charge in [0.1, 0.15) is 0 Å². The number of hydrogen-bond acceptors (Lipinski definition) is 4. The highest BCUT2D eigenvalue weighted by molar-refractivity contribution is 5.93. The maximum absolute atomic E-state index is 12.1. The summed E-state index contributed by atoms with van der Waals surface area (Å²) in [4.78, 5) is 27.9. The van der Waals surface area contributed by atoms with Crippen molar-refractivity contribution in [1.29, 1.82) is 0 Å². The van der Waals surface area contributed by atoms with Crippen molar-refractivity contribution < 1.29 is 9.59 Å². The Labute approximate surface area is 135 Å². The third kappa shape index (κ3) is 4.89. The molecule has 1 aromatic carbocycles. The Bertz CT molecular complexity index is 644. The molecule has 0 unspecified atom stereocenters. The minimum atomic E-state index is -0.616. The van der Waals surface area contributed by atoms with Crippen LogP contribution < -0.4 is 16.4 Å². The van der Waals surface area contributed by atoms with Crippen molar-refractivity contribution >= 4 is 11.8 Å². The molecule has 0 spiro atoms. The van der Waals surface area contributed by atoms with Gasteiger partial charge in [-0.15, -0.1) is 0 Å². The van der Waals surface area contributed by atoms with Crippen molar-refractivity contribution in [2.24, 2.45) is 5.73 Å². The number of pyridine rings is 1. The number of carbonyl (C=O) groups is 2. The number of nitrogens with two attached hydrogens (primary N) is 1. The van der Waals surface area contributed by atoms with Gasteiger partial charge in [0.15, 0.2) is 0 Å². The molecule has 23 heavy (non-hydrogen) atoms. The van der Waals surface area contributed by atoms with E-state index < -0.39 is 6.04 Å². The molecule has 1 heterocycles. The predicted octanol–water partition coefficient (Wildman–Crippen LogP) is 1.02. The highest BCUT2D eigenvalue weighted by atomic mass is 16.2. The van der Waals surface area contributed by atoms with Crippen LogP contribution in [0.15, 0.2) is 54.9 Å². The standard InChI is InChI=1S/C17H20N4O2/c1-12(18)16(22)21-15(13-6-3-2-4-7-13)11-20-17(23)14-8-5-9-19-10-14/h2-10,12,15H,11,18H2,1H3,(H,20,23)(H,21,22)/t12-,15-/m1/s1. The smallest absolute Gasteiger partial charge is 0.252 e. The molecule has 0 aliphatic carbocycles. The van der Waals surface area contributed by atoms with Gasteiger partial charge in [-0.1, -0.05) is 30.3 Å². The van der Waals surface area contributed by atoms with Gasteiger partial charge < -0.3 is 16.4 Å². The Balaban J connectivity index is 2.06. The number of hydrogen-bond donors (Lipinski definition) is 3. The van der Waals surface area contributed by atoms with E-state index in [9.17, 15) is 9.59 Å². The first kappa shape index (κ1) is 16.6. The first-order valence-electron chi connectivity index (χ1n) is 7.37. The Kier molecular flexibility index (Phi) is 5.82. The minimum Gasteiger partial charge on any atom is -0.350 e. The molecule has 2 aromatic rings. The average Bonchev–Trinajstić information content (AvgIpc) is 2.59. The molecule has 0 aliphatic rings. The van der Waals surface area contributed by atoms with E-state index in [4.69, 9.17) is 5.73 Å². The molecule has 0 aliphatic heterocycles. The maximum Gasteiger partial charge on any atom is 0.252 e. The lowest BCUT2D eigenvalue weighted by molar-refractivity contribution is -0.122. The first-order valence-corrected chi connectivity index (χ1v) is 7.37. The number of nitrogens with one attached hydrogen (secondary N) is 2.